The average Bonchev–Trinajstić information content (AvgIpc) is 2.80. The van der Waals surface area contributed by atoms with Crippen molar-refractivity contribution in [1.29, 1.82) is 0 Å². The third-order valence-corrected chi connectivity index (χ3v) is 3.29. The highest BCUT2D eigenvalue weighted by Crippen LogP contribution is 2.30. The molecule has 0 saturated carbocycles. The first kappa shape index (κ1) is 13.6. The maximum atomic E-state index is 10.5. The van der Waals surface area contributed by atoms with Gasteiger partial charge in [0.1, 0.15) is 17.7 Å². The number of nitrogens with zero attached hydrogens (tertiary/aromatic N) is 2. The van der Waals surface area contributed by atoms with Gasteiger partial charge in [0.05, 0.1) is 19.0 Å². The highest BCUT2D eigenvalue weighted by molar-refractivity contribution is 5.38. The first-order valence-corrected chi connectivity index (χ1v) is 6.38. The van der Waals surface area contributed by atoms with Crippen LogP contribution in [0.2, 0.25) is 0 Å². The lowest BCUT2D eigenvalue weighted by Gasteiger charge is -2.16. The van der Waals surface area contributed by atoms with Gasteiger partial charge in [-0.15, -0.1) is 0 Å². The molecule has 4 nitrogen and oxygen atoms in total. The van der Waals surface area contributed by atoms with E-state index in [-0.39, 0.29) is 0 Å². The quantitative estimate of drug-likeness (QED) is 0.919. The Kier molecular flexibility index (Phi) is 3.90. The fraction of sp³-hybridized carbons (Fsp3) is 0.400. The van der Waals surface area contributed by atoms with Crippen molar-refractivity contribution >= 4 is 0 Å². The molecule has 0 aliphatic heterocycles. The number of methoxy groups -OCH3 is 1. The third kappa shape index (κ3) is 2.49. The van der Waals surface area contributed by atoms with Gasteiger partial charge < -0.3 is 14.4 Å². The van der Waals surface area contributed by atoms with Crippen LogP contribution in [0.15, 0.2) is 30.5 Å². The van der Waals surface area contributed by atoms with Gasteiger partial charge in [-0.2, -0.15) is 0 Å². The Morgan fingerprint density at radius 3 is 2.53 bits per heavy atom. The summed E-state index contributed by atoms with van der Waals surface area (Å²) < 4.78 is 7.24. The van der Waals surface area contributed by atoms with E-state index in [2.05, 4.69) is 18.8 Å². The molecular weight excluding hydrogens is 240 g/mol. The van der Waals surface area contributed by atoms with Gasteiger partial charge in [0.15, 0.2) is 0 Å². The zero-order chi connectivity index (χ0) is 14.0. The molecular formula is C15H20N2O2. The van der Waals surface area contributed by atoms with Crippen LogP contribution in [-0.2, 0) is 7.05 Å². The maximum absolute atomic E-state index is 10.5. The monoisotopic (exact) mass is 260 g/mol. The van der Waals surface area contributed by atoms with Crippen LogP contribution < -0.4 is 4.74 Å². The topological polar surface area (TPSA) is 47.3 Å². The number of para-hydroxylation sites is 1. The van der Waals surface area contributed by atoms with E-state index in [1.54, 1.807) is 13.3 Å². The van der Waals surface area contributed by atoms with E-state index in [1.165, 1.54) is 0 Å². The number of hydrogen-bond acceptors (Lipinski definition) is 3. The van der Waals surface area contributed by atoms with E-state index in [4.69, 9.17) is 4.74 Å². The van der Waals surface area contributed by atoms with Crippen LogP contribution in [0, 0.1) is 0 Å². The predicted octanol–water partition coefficient (Wildman–Crippen LogP) is 2.63. The van der Waals surface area contributed by atoms with Gasteiger partial charge in [0, 0.05) is 18.5 Å². The Balaban J connectivity index is 2.42. The number of hydrogen-bond donors (Lipinski definition) is 1. The van der Waals surface area contributed by atoms with Crippen LogP contribution >= 0.6 is 0 Å². The number of aliphatic hydroxyl groups is 1. The number of imidazole rings is 1. The van der Waals surface area contributed by atoms with Crippen LogP contribution in [0.3, 0.4) is 0 Å². The summed E-state index contributed by atoms with van der Waals surface area (Å²) in [6.07, 6.45) is 0.994. The summed E-state index contributed by atoms with van der Waals surface area (Å²) in [6.45, 7) is 4.17. The third-order valence-electron chi connectivity index (χ3n) is 3.29. The lowest BCUT2D eigenvalue weighted by atomic mass is 10.1. The van der Waals surface area contributed by atoms with Crippen LogP contribution in [0.1, 0.15) is 43.0 Å². The van der Waals surface area contributed by atoms with Gasteiger partial charge in [-0.1, -0.05) is 32.0 Å². The van der Waals surface area contributed by atoms with E-state index < -0.39 is 6.10 Å². The fourth-order valence-electron chi connectivity index (χ4n) is 2.28. The van der Waals surface area contributed by atoms with Gasteiger partial charge in [-0.3, -0.25) is 0 Å². The summed E-state index contributed by atoms with van der Waals surface area (Å²) in [5, 5.41) is 10.5. The Hall–Kier alpha value is -1.81. The Bertz CT molecular complexity index is 561. The molecule has 4 heteroatoms. The Morgan fingerprint density at radius 1 is 1.26 bits per heavy atom. The van der Waals surface area contributed by atoms with Crippen molar-refractivity contribution < 1.29 is 9.84 Å². The minimum Gasteiger partial charge on any atom is -0.496 e. The molecule has 1 heterocycles. The summed E-state index contributed by atoms with van der Waals surface area (Å²) in [7, 11) is 3.53. The van der Waals surface area contributed by atoms with Crippen LogP contribution in [0.5, 0.6) is 5.75 Å². The van der Waals surface area contributed by atoms with Gasteiger partial charge in [0.25, 0.3) is 0 Å². The smallest absolute Gasteiger partial charge is 0.125 e. The summed E-state index contributed by atoms with van der Waals surface area (Å²) in [5.74, 6) is 1.97. The van der Waals surface area contributed by atoms with Gasteiger partial charge >= 0.3 is 0 Å². The summed E-state index contributed by atoms with van der Waals surface area (Å²) >= 11 is 0. The molecule has 0 aliphatic rings. The predicted molar refractivity (Wildman–Crippen MR) is 74.4 cm³/mol. The Morgan fingerprint density at radius 2 is 1.95 bits per heavy atom. The molecule has 0 aliphatic carbocycles. The second kappa shape index (κ2) is 5.45. The molecule has 102 valence electrons. The van der Waals surface area contributed by atoms with Crippen LogP contribution in [0.25, 0.3) is 0 Å². The largest absolute Gasteiger partial charge is 0.496 e. The van der Waals surface area contributed by atoms with E-state index in [0.29, 0.717) is 11.7 Å². The molecule has 0 amide bonds. The highest BCUT2D eigenvalue weighted by atomic mass is 16.5. The minimum atomic E-state index is -0.735. The number of ether oxygens (including phenoxy) is 1. The molecule has 0 saturated heterocycles. The first-order chi connectivity index (χ1) is 9.06. The zero-order valence-electron chi connectivity index (χ0n) is 11.8. The molecule has 1 aromatic heterocycles. The first-order valence-electron chi connectivity index (χ1n) is 6.38. The molecule has 0 bridgehead atoms. The SMILES string of the molecule is COc1ccccc1[C@@H](O)c1cnc(C(C)C)n1C. The number of benzene rings is 1. The van der Waals surface area contributed by atoms with Gasteiger partial charge in [-0.05, 0) is 6.07 Å². The molecule has 0 fully saturated rings. The molecule has 0 radical (unpaired) electrons. The summed E-state index contributed by atoms with van der Waals surface area (Å²) in [4.78, 5) is 4.38. The standard InChI is InChI=1S/C15H20N2O2/c1-10(2)15-16-9-12(17(15)3)14(18)11-7-5-6-8-13(11)19-4/h5-10,14,18H,1-4H3/t14-/m1/s1. The molecule has 2 rings (SSSR count). The fourth-order valence-corrected chi connectivity index (χ4v) is 2.28. The van der Waals surface area contributed by atoms with E-state index in [9.17, 15) is 5.11 Å². The molecule has 2 aromatic rings. The second-order valence-electron chi connectivity index (χ2n) is 4.90. The van der Waals surface area contributed by atoms with Gasteiger partial charge in [-0.25, -0.2) is 4.98 Å². The number of aliphatic hydroxyl groups excluding tert-OH is 1. The lowest BCUT2D eigenvalue weighted by molar-refractivity contribution is 0.206. The van der Waals surface area contributed by atoms with Gasteiger partial charge in [0.2, 0.25) is 0 Å². The summed E-state index contributed by atoms with van der Waals surface area (Å²) in [6, 6.07) is 7.49. The molecule has 0 spiro atoms. The van der Waals surface area contributed by atoms with Crippen molar-refractivity contribution in [1.82, 2.24) is 9.55 Å². The zero-order valence-corrected chi connectivity index (χ0v) is 11.8. The van der Waals surface area contributed by atoms with E-state index in [0.717, 1.165) is 17.1 Å². The molecule has 1 N–H and O–H groups in total. The Labute approximate surface area is 113 Å². The van der Waals surface area contributed by atoms with Crippen LogP contribution in [0.4, 0.5) is 0 Å². The maximum Gasteiger partial charge on any atom is 0.125 e. The lowest BCUT2D eigenvalue weighted by Crippen LogP contribution is -2.09. The number of aromatic nitrogens is 2. The van der Waals surface area contributed by atoms with E-state index >= 15 is 0 Å². The van der Waals surface area contributed by atoms with Crippen LogP contribution in [-0.4, -0.2) is 21.8 Å². The molecule has 0 unspecified atom stereocenters. The summed E-state index contributed by atoms with van der Waals surface area (Å²) in [5.41, 5.74) is 1.52. The molecule has 1 aromatic carbocycles. The van der Waals surface area contributed by atoms with Crippen molar-refractivity contribution in [3.05, 3.63) is 47.5 Å². The normalized spacial score (nSPS) is 12.7. The highest BCUT2D eigenvalue weighted by Gasteiger charge is 2.20. The second-order valence-corrected chi connectivity index (χ2v) is 4.90. The van der Waals surface area contributed by atoms with Crippen molar-refractivity contribution in [2.75, 3.05) is 7.11 Å². The van der Waals surface area contributed by atoms with Crippen molar-refractivity contribution in [3.8, 4) is 5.75 Å². The van der Waals surface area contributed by atoms with Crippen molar-refractivity contribution in [2.24, 2.45) is 7.05 Å². The number of rotatable bonds is 4. The van der Waals surface area contributed by atoms with E-state index in [1.807, 2.05) is 35.9 Å². The average molecular weight is 260 g/mol. The van der Waals surface area contributed by atoms with Crippen molar-refractivity contribution in [2.45, 2.75) is 25.9 Å². The molecule has 19 heavy (non-hydrogen) atoms. The molecule has 1 atom stereocenters. The van der Waals surface area contributed by atoms with Crippen molar-refractivity contribution in [3.63, 3.8) is 0 Å². The minimum absolute atomic E-state index is 0.323.